The summed E-state index contributed by atoms with van der Waals surface area (Å²) in [7, 11) is 0. The Labute approximate surface area is 91.1 Å². The molecule has 0 saturated heterocycles. The molecule has 0 spiro atoms. The fourth-order valence-corrected chi connectivity index (χ4v) is 1.55. The third-order valence-corrected chi connectivity index (χ3v) is 2.25. The molecular formula is C11H7N3O2. The fraction of sp³-hybridized carbons (Fsp3) is 0. The van der Waals surface area contributed by atoms with E-state index >= 15 is 0 Å². The molecule has 0 atom stereocenters. The lowest BCUT2D eigenvalue weighted by Crippen LogP contribution is -1.91. The van der Waals surface area contributed by atoms with Gasteiger partial charge in [0.1, 0.15) is 11.8 Å². The number of nitro groups is 1. The Kier molecular flexibility index (Phi) is 2.40. The van der Waals surface area contributed by atoms with E-state index in [-0.39, 0.29) is 5.69 Å². The molecule has 0 amide bonds. The largest absolute Gasteiger partial charge is 0.353 e. The number of aromatic amines is 1. The maximum absolute atomic E-state index is 10.8. The highest BCUT2D eigenvalue weighted by Crippen LogP contribution is 2.31. The maximum Gasteiger partial charge on any atom is 0.277 e. The SMILES string of the molecule is N#Cc1[nH]ccc1-c1ccccc1[N+](=O)[O-]. The molecular weight excluding hydrogens is 206 g/mol. The first-order valence-corrected chi connectivity index (χ1v) is 4.55. The molecule has 0 aliphatic heterocycles. The zero-order valence-corrected chi connectivity index (χ0v) is 8.18. The smallest absolute Gasteiger partial charge is 0.277 e. The van der Waals surface area contributed by atoms with E-state index in [0.29, 0.717) is 16.8 Å². The average molecular weight is 213 g/mol. The minimum atomic E-state index is -0.455. The van der Waals surface area contributed by atoms with E-state index < -0.39 is 4.92 Å². The Morgan fingerprint density at radius 1 is 1.25 bits per heavy atom. The van der Waals surface area contributed by atoms with Gasteiger partial charge in [0.15, 0.2) is 0 Å². The number of nitrogens with one attached hydrogen (secondary N) is 1. The summed E-state index contributed by atoms with van der Waals surface area (Å²) in [5, 5.41) is 19.7. The number of para-hydroxylation sites is 1. The van der Waals surface area contributed by atoms with Gasteiger partial charge in [-0.1, -0.05) is 12.1 Å². The zero-order chi connectivity index (χ0) is 11.5. The molecule has 0 radical (unpaired) electrons. The number of nitrogens with zero attached hydrogens (tertiary/aromatic N) is 2. The van der Waals surface area contributed by atoms with Crippen LogP contribution in [0.2, 0.25) is 0 Å². The number of nitro benzene ring substituents is 1. The van der Waals surface area contributed by atoms with E-state index in [1.807, 2.05) is 6.07 Å². The number of aromatic nitrogens is 1. The van der Waals surface area contributed by atoms with Gasteiger partial charge < -0.3 is 4.98 Å². The second-order valence-corrected chi connectivity index (χ2v) is 3.15. The molecule has 2 aromatic rings. The molecule has 1 aromatic carbocycles. The molecule has 0 unspecified atom stereocenters. The molecule has 0 aliphatic rings. The van der Waals surface area contributed by atoms with Crippen molar-refractivity contribution in [3.05, 3.63) is 52.3 Å². The fourth-order valence-electron chi connectivity index (χ4n) is 1.55. The van der Waals surface area contributed by atoms with Crippen molar-refractivity contribution < 1.29 is 4.92 Å². The van der Waals surface area contributed by atoms with Crippen molar-refractivity contribution in [3.63, 3.8) is 0 Å². The number of benzene rings is 1. The minimum Gasteiger partial charge on any atom is -0.353 e. The standard InChI is InChI=1S/C11H7N3O2/c12-7-10-8(5-6-13-10)9-3-1-2-4-11(9)14(15)16/h1-6,13H. The van der Waals surface area contributed by atoms with E-state index in [4.69, 9.17) is 5.26 Å². The molecule has 0 bridgehead atoms. The molecule has 1 aromatic heterocycles. The van der Waals surface area contributed by atoms with Crippen LogP contribution in [-0.2, 0) is 0 Å². The van der Waals surface area contributed by atoms with Gasteiger partial charge in [-0.3, -0.25) is 10.1 Å². The zero-order valence-electron chi connectivity index (χ0n) is 8.18. The van der Waals surface area contributed by atoms with Crippen LogP contribution < -0.4 is 0 Å². The topological polar surface area (TPSA) is 82.7 Å². The first-order chi connectivity index (χ1) is 7.74. The van der Waals surface area contributed by atoms with E-state index in [0.717, 1.165) is 0 Å². The summed E-state index contributed by atoms with van der Waals surface area (Å²) in [6.07, 6.45) is 1.59. The number of nitriles is 1. The molecule has 1 N–H and O–H groups in total. The van der Waals surface area contributed by atoms with Crippen molar-refractivity contribution in [2.24, 2.45) is 0 Å². The van der Waals surface area contributed by atoms with Gasteiger partial charge in [-0.05, 0) is 12.1 Å². The second-order valence-electron chi connectivity index (χ2n) is 3.15. The molecule has 2 rings (SSSR count). The molecule has 5 heteroatoms. The van der Waals surface area contributed by atoms with E-state index in [1.165, 1.54) is 6.07 Å². The highest BCUT2D eigenvalue weighted by Gasteiger charge is 2.17. The van der Waals surface area contributed by atoms with Crippen LogP contribution >= 0.6 is 0 Å². The Bertz CT molecular complexity index is 581. The number of hydrogen-bond donors (Lipinski definition) is 1. The molecule has 0 fully saturated rings. The first kappa shape index (κ1) is 9.93. The van der Waals surface area contributed by atoms with Crippen LogP contribution in [0, 0.1) is 21.4 Å². The van der Waals surface area contributed by atoms with E-state index in [9.17, 15) is 10.1 Å². The van der Waals surface area contributed by atoms with E-state index in [2.05, 4.69) is 4.98 Å². The van der Waals surface area contributed by atoms with Crippen LogP contribution in [0.1, 0.15) is 5.69 Å². The minimum absolute atomic E-state index is 0.00130. The Balaban J connectivity index is 2.66. The average Bonchev–Trinajstić information content (AvgIpc) is 2.76. The Morgan fingerprint density at radius 2 is 2.00 bits per heavy atom. The molecule has 1 heterocycles. The highest BCUT2D eigenvalue weighted by molar-refractivity contribution is 5.77. The van der Waals surface area contributed by atoms with Crippen LogP contribution in [0.15, 0.2) is 36.5 Å². The van der Waals surface area contributed by atoms with Gasteiger partial charge >= 0.3 is 0 Å². The van der Waals surface area contributed by atoms with Crippen LogP contribution in [0.25, 0.3) is 11.1 Å². The van der Waals surface area contributed by atoms with Crippen LogP contribution in [0.4, 0.5) is 5.69 Å². The van der Waals surface area contributed by atoms with Crippen LogP contribution in [0.5, 0.6) is 0 Å². The van der Waals surface area contributed by atoms with Gasteiger partial charge in [-0.25, -0.2) is 0 Å². The van der Waals surface area contributed by atoms with Gasteiger partial charge in [0.2, 0.25) is 0 Å². The molecule has 16 heavy (non-hydrogen) atoms. The summed E-state index contributed by atoms with van der Waals surface area (Å²) >= 11 is 0. The number of rotatable bonds is 2. The molecule has 78 valence electrons. The van der Waals surface area contributed by atoms with Gasteiger partial charge in [0.25, 0.3) is 5.69 Å². The van der Waals surface area contributed by atoms with Gasteiger partial charge in [0.05, 0.1) is 10.5 Å². The van der Waals surface area contributed by atoms with Crippen molar-refractivity contribution in [2.75, 3.05) is 0 Å². The highest BCUT2D eigenvalue weighted by atomic mass is 16.6. The summed E-state index contributed by atoms with van der Waals surface area (Å²) in [6.45, 7) is 0. The van der Waals surface area contributed by atoms with Crippen molar-refractivity contribution in [1.29, 1.82) is 5.26 Å². The van der Waals surface area contributed by atoms with Gasteiger partial charge in [-0.15, -0.1) is 0 Å². The summed E-state index contributed by atoms with van der Waals surface area (Å²) in [4.78, 5) is 13.1. The predicted molar refractivity (Wildman–Crippen MR) is 57.6 cm³/mol. The van der Waals surface area contributed by atoms with E-state index in [1.54, 1.807) is 30.5 Å². The van der Waals surface area contributed by atoms with Crippen LogP contribution in [0.3, 0.4) is 0 Å². The van der Waals surface area contributed by atoms with Gasteiger partial charge in [0, 0.05) is 17.8 Å². The number of H-pyrrole nitrogens is 1. The second kappa shape index (κ2) is 3.87. The lowest BCUT2D eigenvalue weighted by molar-refractivity contribution is -0.384. The molecule has 0 aliphatic carbocycles. The summed E-state index contributed by atoms with van der Waals surface area (Å²) in [5.74, 6) is 0. The third kappa shape index (κ3) is 1.53. The van der Waals surface area contributed by atoms with Crippen molar-refractivity contribution >= 4 is 5.69 Å². The summed E-state index contributed by atoms with van der Waals surface area (Å²) < 4.78 is 0. The Morgan fingerprint density at radius 3 is 2.69 bits per heavy atom. The van der Waals surface area contributed by atoms with Crippen LogP contribution in [-0.4, -0.2) is 9.91 Å². The van der Waals surface area contributed by atoms with Crippen molar-refractivity contribution in [1.82, 2.24) is 4.98 Å². The Hall–Kier alpha value is -2.61. The quantitative estimate of drug-likeness (QED) is 0.614. The monoisotopic (exact) mass is 213 g/mol. The molecule has 0 saturated carbocycles. The summed E-state index contributed by atoms with van der Waals surface area (Å²) in [5.41, 5.74) is 1.33. The number of hydrogen-bond acceptors (Lipinski definition) is 3. The lowest BCUT2D eigenvalue weighted by atomic mass is 10.0. The predicted octanol–water partition coefficient (Wildman–Crippen LogP) is 2.46. The molecule has 5 nitrogen and oxygen atoms in total. The van der Waals surface area contributed by atoms with Crippen molar-refractivity contribution in [3.8, 4) is 17.2 Å². The van der Waals surface area contributed by atoms with Gasteiger partial charge in [-0.2, -0.15) is 5.26 Å². The summed E-state index contributed by atoms with van der Waals surface area (Å²) in [6, 6.07) is 9.97. The normalized spacial score (nSPS) is 9.69. The van der Waals surface area contributed by atoms with Crippen molar-refractivity contribution in [2.45, 2.75) is 0 Å². The first-order valence-electron chi connectivity index (χ1n) is 4.55. The maximum atomic E-state index is 10.8. The third-order valence-electron chi connectivity index (χ3n) is 2.25. The lowest BCUT2D eigenvalue weighted by Gasteiger charge is -2.00.